The Morgan fingerprint density at radius 1 is 1.25 bits per heavy atom. The summed E-state index contributed by atoms with van der Waals surface area (Å²) < 4.78 is 7.12. The zero-order valence-electron chi connectivity index (χ0n) is 14.4. The summed E-state index contributed by atoms with van der Waals surface area (Å²) in [6.07, 6.45) is 3.29. The number of benzene rings is 1. The summed E-state index contributed by atoms with van der Waals surface area (Å²) in [7, 11) is 0. The van der Waals surface area contributed by atoms with E-state index in [2.05, 4.69) is 5.10 Å². The van der Waals surface area contributed by atoms with Crippen LogP contribution < -0.4 is 0 Å². The average molecular weight is 349 g/mol. The first-order chi connectivity index (χ1) is 11.0. The van der Waals surface area contributed by atoms with E-state index in [1.807, 2.05) is 26.0 Å². The van der Waals surface area contributed by atoms with Gasteiger partial charge in [-0.2, -0.15) is 5.10 Å². The number of esters is 1. The number of rotatable bonds is 2. The van der Waals surface area contributed by atoms with Gasteiger partial charge in [0.2, 0.25) is 0 Å². The standard InChI is InChI=1S/C18H21ClN2O3/c1-10-6-13(21-9-12(19)8-20-21)7-11(2)14(10)15-16(22)24-17(3,4)18(15,5)23/h6-9,15,23H,1-5H3. The van der Waals surface area contributed by atoms with Gasteiger partial charge in [-0.1, -0.05) is 11.6 Å². The molecule has 2 heterocycles. The maximum atomic E-state index is 12.5. The third kappa shape index (κ3) is 2.43. The Balaban J connectivity index is 2.12. The molecule has 3 rings (SSSR count). The molecule has 1 N–H and O–H groups in total. The second kappa shape index (κ2) is 5.33. The Hall–Kier alpha value is -1.85. The number of carbonyl (C=O) groups excluding carboxylic acids is 1. The van der Waals surface area contributed by atoms with Gasteiger partial charge in [0, 0.05) is 6.20 Å². The van der Waals surface area contributed by atoms with Crippen LogP contribution in [0.15, 0.2) is 24.5 Å². The minimum atomic E-state index is -1.30. The number of hydrogen-bond donors (Lipinski definition) is 1. The van der Waals surface area contributed by atoms with E-state index >= 15 is 0 Å². The highest BCUT2D eigenvalue weighted by Gasteiger charge is 2.59. The zero-order chi connectivity index (χ0) is 17.9. The third-order valence-electron chi connectivity index (χ3n) is 5.06. The second-order valence-corrected chi connectivity index (χ2v) is 7.54. The van der Waals surface area contributed by atoms with Crippen molar-refractivity contribution in [3.8, 4) is 5.69 Å². The SMILES string of the molecule is Cc1cc(-n2cc(Cl)cn2)cc(C)c1C1C(=O)OC(C)(C)C1(C)O. The molecule has 2 atom stereocenters. The fourth-order valence-electron chi connectivity index (χ4n) is 3.37. The Labute approximate surface area is 146 Å². The molecule has 6 heteroatoms. The van der Waals surface area contributed by atoms with Crippen molar-refractivity contribution in [2.45, 2.75) is 51.7 Å². The molecule has 128 valence electrons. The number of aliphatic hydroxyl groups is 1. The van der Waals surface area contributed by atoms with Gasteiger partial charge in [-0.15, -0.1) is 0 Å². The van der Waals surface area contributed by atoms with Crippen molar-refractivity contribution < 1.29 is 14.6 Å². The van der Waals surface area contributed by atoms with E-state index in [0.717, 1.165) is 22.4 Å². The number of carbonyl (C=O) groups is 1. The van der Waals surface area contributed by atoms with Crippen molar-refractivity contribution >= 4 is 17.6 Å². The smallest absolute Gasteiger partial charge is 0.317 e. The lowest BCUT2D eigenvalue weighted by atomic mass is 9.74. The molecular weight excluding hydrogens is 328 g/mol. The van der Waals surface area contributed by atoms with Gasteiger partial charge >= 0.3 is 5.97 Å². The van der Waals surface area contributed by atoms with Crippen LogP contribution >= 0.6 is 11.6 Å². The van der Waals surface area contributed by atoms with Crippen LogP contribution in [0.5, 0.6) is 0 Å². The maximum Gasteiger partial charge on any atom is 0.317 e. The summed E-state index contributed by atoms with van der Waals surface area (Å²) in [5.41, 5.74) is 1.22. The summed E-state index contributed by atoms with van der Waals surface area (Å²) in [4.78, 5) is 12.5. The van der Waals surface area contributed by atoms with Gasteiger partial charge in [0.05, 0.1) is 16.9 Å². The Morgan fingerprint density at radius 2 is 1.83 bits per heavy atom. The van der Waals surface area contributed by atoms with Gasteiger partial charge in [-0.05, 0) is 63.4 Å². The third-order valence-corrected chi connectivity index (χ3v) is 5.25. The number of aryl methyl sites for hydroxylation is 2. The van der Waals surface area contributed by atoms with Crippen LogP contribution in [-0.4, -0.2) is 32.1 Å². The van der Waals surface area contributed by atoms with Crippen LogP contribution in [0.3, 0.4) is 0 Å². The molecule has 0 bridgehead atoms. The number of nitrogens with zero attached hydrogens (tertiary/aromatic N) is 2. The molecule has 1 aromatic heterocycles. The molecule has 1 aromatic carbocycles. The molecule has 24 heavy (non-hydrogen) atoms. The van der Waals surface area contributed by atoms with Crippen LogP contribution in [0.25, 0.3) is 5.69 Å². The highest BCUT2D eigenvalue weighted by Crippen LogP contribution is 2.47. The van der Waals surface area contributed by atoms with Crippen molar-refractivity contribution in [1.82, 2.24) is 9.78 Å². The van der Waals surface area contributed by atoms with Crippen molar-refractivity contribution in [2.24, 2.45) is 0 Å². The normalized spacial score (nSPS) is 25.8. The van der Waals surface area contributed by atoms with E-state index in [0.29, 0.717) is 5.02 Å². The van der Waals surface area contributed by atoms with Crippen molar-refractivity contribution in [3.05, 3.63) is 46.2 Å². The van der Waals surface area contributed by atoms with E-state index in [9.17, 15) is 9.90 Å². The van der Waals surface area contributed by atoms with E-state index in [1.165, 1.54) is 0 Å². The largest absolute Gasteiger partial charge is 0.456 e. The molecular formula is C18H21ClN2O3. The Morgan fingerprint density at radius 3 is 2.25 bits per heavy atom. The molecule has 2 aromatic rings. The summed E-state index contributed by atoms with van der Waals surface area (Å²) in [6, 6.07) is 3.86. The molecule has 0 aliphatic carbocycles. The lowest BCUT2D eigenvalue weighted by molar-refractivity contribution is -0.150. The fourth-order valence-corrected chi connectivity index (χ4v) is 3.51. The van der Waals surface area contributed by atoms with Gasteiger partial charge in [-0.3, -0.25) is 4.79 Å². The quantitative estimate of drug-likeness (QED) is 0.846. The molecule has 0 spiro atoms. The summed E-state index contributed by atoms with van der Waals surface area (Å²) >= 11 is 5.94. The van der Waals surface area contributed by atoms with E-state index in [4.69, 9.17) is 16.3 Å². The Kier molecular flexibility index (Phi) is 3.77. The minimum absolute atomic E-state index is 0.397. The summed E-state index contributed by atoms with van der Waals surface area (Å²) in [5, 5.41) is 15.7. The van der Waals surface area contributed by atoms with Gasteiger partial charge in [0.25, 0.3) is 0 Å². The van der Waals surface area contributed by atoms with Crippen LogP contribution in [0.1, 0.15) is 43.4 Å². The average Bonchev–Trinajstić information content (AvgIpc) is 2.93. The predicted molar refractivity (Wildman–Crippen MR) is 91.6 cm³/mol. The van der Waals surface area contributed by atoms with E-state index in [1.54, 1.807) is 37.8 Å². The molecule has 5 nitrogen and oxygen atoms in total. The topological polar surface area (TPSA) is 64.4 Å². The van der Waals surface area contributed by atoms with Crippen molar-refractivity contribution in [3.63, 3.8) is 0 Å². The number of aromatic nitrogens is 2. The molecule has 0 radical (unpaired) electrons. The summed E-state index contributed by atoms with van der Waals surface area (Å²) in [6.45, 7) is 8.96. The number of ether oxygens (including phenoxy) is 1. The second-order valence-electron chi connectivity index (χ2n) is 7.11. The number of cyclic esters (lactones) is 1. The molecule has 2 unspecified atom stereocenters. The van der Waals surface area contributed by atoms with Crippen LogP contribution in [-0.2, 0) is 9.53 Å². The molecule has 0 saturated carbocycles. The van der Waals surface area contributed by atoms with Gasteiger partial charge < -0.3 is 9.84 Å². The Bertz CT molecular complexity index is 800. The monoisotopic (exact) mass is 348 g/mol. The van der Waals surface area contributed by atoms with Crippen molar-refractivity contribution in [1.29, 1.82) is 0 Å². The first kappa shape index (κ1) is 17.0. The molecule has 1 aliphatic heterocycles. The number of halogens is 1. The minimum Gasteiger partial charge on any atom is -0.456 e. The molecule has 1 aliphatic rings. The zero-order valence-corrected chi connectivity index (χ0v) is 15.2. The van der Waals surface area contributed by atoms with Crippen molar-refractivity contribution in [2.75, 3.05) is 0 Å². The van der Waals surface area contributed by atoms with Crippen LogP contribution in [0.2, 0.25) is 5.02 Å². The van der Waals surface area contributed by atoms with Gasteiger partial charge in [-0.25, -0.2) is 4.68 Å². The lowest BCUT2D eigenvalue weighted by Crippen LogP contribution is -2.47. The maximum absolute atomic E-state index is 12.5. The lowest BCUT2D eigenvalue weighted by Gasteiger charge is -2.34. The molecule has 1 saturated heterocycles. The van der Waals surface area contributed by atoms with E-state index < -0.39 is 23.1 Å². The molecule has 0 amide bonds. The van der Waals surface area contributed by atoms with Gasteiger partial charge in [0.15, 0.2) is 0 Å². The predicted octanol–water partition coefficient (Wildman–Crippen LogP) is 3.31. The first-order valence-corrected chi connectivity index (χ1v) is 8.19. The van der Waals surface area contributed by atoms with Crippen LogP contribution in [0, 0.1) is 13.8 Å². The summed E-state index contributed by atoms with van der Waals surface area (Å²) in [5.74, 6) is -1.12. The first-order valence-electron chi connectivity index (χ1n) is 7.81. The number of hydrogen-bond acceptors (Lipinski definition) is 4. The molecule has 1 fully saturated rings. The van der Waals surface area contributed by atoms with E-state index in [-0.39, 0.29) is 0 Å². The fraction of sp³-hybridized carbons (Fsp3) is 0.444. The highest BCUT2D eigenvalue weighted by molar-refractivity contribution is 6.30. The van der Waals surface area contributed by atoms with Crippen LogP contribution in [0.4, 0.5) is 0 Å². The van der Waals surface area contributed by atoms with Gasteiger partial charge in [0.1, 0.15) is 17.1 Å². The highest BCUT2D eigenvalue weighted by atomic mass is 35.5.